The zero-order chi connectivity index (χ0) is 15.6. The third-order valence-corrected chi connectivity index (χ3v) is 4.76. The smallest absolute Gasteiger partial charge is 0.262 e. The van der Waals surface area contributed by atoms with Crippen molar-refractivity contribution in [3.8, 4) is 5.75 Å². The third-order valence-electron chi connectivity index (χ3n) is 3.38. The molecule has 0 fully saturated rings. The summed E-state index contributed by atoms with van der Waals surface area (Å²) < 4.78 is 39.3. The van der Waals surface area contributed by atoms with E-state index in [2.05, 4.69) is 9.82 Å². The number of ether oxygens (including phenoxy) is 2. The molecule has 2 heterocycles. The van der Waals surface area contributed by atoms with Gasteiger partial charge in [-0.15, -0.1) is 0 Å². The number of aromatic nitrogens is 2. The lowest BCUT2D eigenvalue weighted by molar-refractivity contribution is 0.183. The van der Waals surface area contributed by atoms with Gasteiger partial charge in [-0.05, 0) is 23.8 Å². The molecule has 1 N–H and O–H groups in total. The Morgan fingerprint density at radius 1 is 1.45 bits per heavy atom. The van der Waals surface area contributed by atoms with Gasteiger partial charge in [0.25, 0.3) is 10.0 Å². The summed E-state index contributed by atoms with van der Waals surface area (Å²) in [6.45, 7) is 1.67. The number of methoxy groups -OCH3 is 1. The van der Waals surface area contributed by atoms with Gasteiger partial charge in [0.05, 0.1) is 36.5 Å². The van der Waals surface area contributed by atoms with Crippen LogP contribution in [0.15, 0.2) is 35.5 Å². The molecule has 3 rings (SSSR count). The Labute approximate surface area is 128 Å². The van der Waals surface area contributed by atoms with E-state index in [0.717, 1.165) is 17.7 Å². The molecule has 0 amide bonds. The second-order valence-electron chi connectivity index (χ2n) is 4.96. The van der Waals surface area contributed by atoms with Crippen molar-refractivity contribution in [2.24, 2.45) is 0 Å². The highest BCUT2D eigenvalue weighted by Crippen LogP contribution is 2.28. The maximum absolute atomic E-state index is 12.4. The maximum atomic E-state index is 12.4. The van der Waals surface area contributed by atoms with Crippen LogP contribution in [-0.2, 0) is 27.7 Å². The van der Waals surface area contributed by atoms with Gasteiger partial charge >= 0.3 is 0 Å². The average Bonchev–Trinajstić information content (AvgIpc) is 3.12. The number of anilines is 1. The Hall–Kier alpha value is -2.06. The maximum Gasteiger partial charge on any atom is 0.262 e. The molecule has 0 saturated carbocycles. The lowest BCUT2D eigenvalue weighted by atomic mass is 10.2. The monoisotopic (exact) mass is 323 g/mol. The van der Waals surface area contributed by atoms with Crippen LogP contribution < -0.4 is 9.46 Å². The molecule has 0 unspecified atom stereocenters. The molecule has 1 aliphatic rings. The highest BCUT2D eigenvalue weighted by Gasteiger charge is 2.19. The minimum absolute atomic E-state index is 0.224. The first-order chi connectivity index (χ1) is 10.6. The topological polar surface area (TPSA) is 82.5 Å². The Morgan fingerprint density at radius 3 is 3.14 bits per heavy atom. The molecule has 0 bridgehead atoms. The molecule has 0 aliphatic carbocycles. The Balaban J connectivity index is 1.77. The normalized spacial score (nSPS) is 13.7. The van der Waals surface area contributed by atoms with Gasteiger partial charge in [-0.2, -0.15) is 5.10 Å². The lowest BCUT2D eigenvalue weighted by Gasteiger charge is -2.07. The van der Waals surface area contributed by atoms with Crippen molar-refractivity contribution in [2.45, 2.75) is 17.9 Å². The van der Waals surface area contributed by atoms with E-state index in [1.165, 1.54) is 6.20 Å². The van der Waals surface area contributed by atoms with Crippen LogP contribution in [-0.4, -0.2) is 38.5 Å². The van der Waals surface area contributed by atoms with E-state index < -0.39 is 10.0 Å². The second-order valence-corrected chi connectivity index (χ2v) is 6.64. The molecule has 0 atom stereocenters. The summed E-state index contributed by atoms with van der Waals surface area (Å²) in [5.74, 6) is 0.756. The van der Waals surface area contributed by atoms with Crippen molar-refractivity contribution in [3.63, 3.8) is 0 Å². The standard InChI is InChI=1S/C14H17N3O4S/c1-20-7-5-17-10-12(9-15-17)16-22(18,19)13-2-3-14-11(8-13)4-6-21-14/h2-3,8-10,16H,4-7H2,1H3. The summed E-state index contributed by atoms with van der Waals surface area (Å²) >= 11 is 0. The summed E-state index contributed by atoms with van der Waals surface area (Å²) in [6, 6.07) is 4.89. The first-order valence-corrected chi connectivity index (χ1v) is 8.37. The van der Waals surface area contributed by atoms with Gasteiger partial charge in [-0.3, -0.25) is 9.40 Å². The number of rotatable bonds is 6. The van der Waals surface area contributed by atoms with Gasteiger partial charge in [-0.25, -0.2) is 8.42 Å². The predicted molar refractivity (Wildman–Crippen MR) is 80.6 cm³/mol. The van der Waals surface area contributed by atoms with Crippen molar-refractivity contribution in [2.75, 3.05) is 25.0 Å². The summed E-state index contributed by atoms with van der Waals surface area (Å²) in [5, 5.41) is 4.08. The molecule has 1 aromatic heterocycles. The molecule has 7 nitrogen and oxygen atoms in total. The highest BCUT2D eigenvalue weighted by molar-refractivity contribution is 7.92. The molecule has 8 heteroatoms. The number of benzene rings is 1. The first kappa shape index (κ1) is 14.9. The van der Waals surface area contributed by atoms with Crippen molar-refractivity contribution >= 4 is 15.7 Å². The van der Waals surface area contributed by atoms with Gasteiger partial charge < -0.3 is 9.47 Å². The van der Waals surface area contributed by atoms with E-state index in [1.54, 1.807) is 36.2 Å². The predicted octanol–water partition coefficient (Wildman–Crippen LogP) is 1.27. The van der Waals surface area contributed by atoms with E-state index in [9.17, 15) is 8.42 Å². The summed E-state index contributed by atoms with van der Waals surface area (Å²) in [5.41, 5.74) is 1.34. The molecule has 22 heavy (non-hydrogen) atoms. The molecule has 0 radical (unpaired) electrons. The highest BCUT2D eigenvalue weighted by atomic mass is 32.2. The van der Waals surface area contributed by atoms with Gasteiger partial charge in [0, 0.05) is 19.7 Å². The average molecular weight is 323 g/mol. The SMILES string of the molecule is COCCn1cc(NS(=O)(=O)c2ccc3c(c2)CCO3)cn1. The van der Waals surface area contributed by atoms with Crippen LogP contribution in [0.4, 0.5) is 5.69 Å². The molecule has 1 aromatic carbocycles. The van der Waals surface area contributed by atoms with Gasteiger partial charge in [-0.1, -0.05) is 0 Å². The largest absolute Gasteiger partial charge is 0.493 e. The number of nitrogens with zero attached hydrogens (tertiary/aromatic N) is 2. The van der Waals surface area contributed by atoms with Crippen molar-refractivity contribution in [3.05, 3.63) is 36.2 Å². The van der Waals surface area contributed by atoms with Crippen LogP contribution in [0.2, 0.25) is 0 Å². The van der Waals surface area contributed by atoms with Crippen molar-refractivity contribution < 1.29 is 17.9 Å². The van der Waals surface area contributed by atoms with Crippen LogP contribution in [0, 0.1) is 0 Å². The minimum atomic E-state index is -3.63. The first-order valence-electron chi connectivity index (χ1n) is 6.88. The molecule has 0 spiro atoms. The number of sulfonamides is 1. The van der Waals surface area contributed by atoms with Crippen LogP contribution >= 0.6 is 0 Å². The fraction of sp³-hybridized carbons (Fsp3) is 0.357. The minimum Gasteiger partial charge on any atom is -0.493 e. The van der Waals surface area contributed by atoms with Gasteiger partial charge in [0.2, 0.25) is 0 Å². The van der Waals surface area contributed by atoms with E-state index in [4.69, 9.17) is 9.47 Å². The summed E-state index contributed by atoms with van der Waals surface area (Å²) in [6.07, 6.45) is 3.84. The van der Waals surface area contributed by atoms with Crippen LogP contribution in [0.3, 0.4) is 0 Å². The Morgan fingerprint density at radius 2 is 2.32 bits per heavy atom. The summed E-state index contributed by atoms with van der Waals surface area (Å²) in [4.78, 5) is 0.224. The number of hydrogen-bond donors (Lipinski definition) is 1. The number of nitrogens with one attached hydrogen (secondary N) is 1. The summed E-state index contributed by atoms with van der Waals surface area (Å²) in [7, 11) is -2.03. The van der Waals surface area contributed by atoms with Gasteiger partial charge in [0.15, 0.2) is 0 Å². The Bertz CT molecular complexity index is 770. The molecule has 2 aromatic rings. The van der Waals surface area contributed by atoms with Gasteiger partial charge in [0.1, 0.15) is 5.75 Å². The molecule has 1 aliphatic heterocycles. The number of hydrogen-bond acceptors (Lipinski definition) is 5. The molecule has 118 valence electrons. The van der Waals surface area contributed by atoms with Crippen LogP contribution in [0.1, 0.15) is 5.56 Å². The lowest BCUT2D eigenvalue weighted by Crippen LogP contribution is -2.12. The Kier molecular flexibility index (Phi) is 4.04. The fourth-order valence-corrected chi connectivity index (χ4v) is 3.35. The van der Waals surface area contributed by atoms with E-state index >= 15 is 0 Å². The van der Waals surface area contributed by atoms with E-state index in [1.807, 2.05) is 0 Å². The molecule has 0 saturated heterocycles. The van der Waals surface area contributed by atoms with E-state index in [-0.39, 0.29) is 4.90 Å². The second kappa shape index (κ2) is 5.98. The zero-order valence-corrected chi connectivity index (χ0v) is 13.0. The molecular formula is C14H17N3O4S. The fourth-order valence-electron chi connectivity index (χ4n) is 2.27. The zero-order valence-electron chi connectivity index (χ0n) is 12.2. The van der Waals surface area contributed by atoms with Crippen molar-refractivity contribution in [1.29, 1.82) is 0 Å². The quantitative estimate of drug-likeness (QED) is 0.865. The van der Waals surface area contributed by atoms with Crippen LogP contribution in [0.5, 0.6) is 5.75 Å². The van der Waals surface area contributed by atoms with E-state index in [0.29, 0.717) is 25.4 Å². The third kappa shape index (κ3) is 3.07. The van der Waals surface area contributed by atoms with Crippen molar-refractivity contribution in [1.82, 2.24) is 9.78 Å². The van der Waals surface area contributed by atoms with Crippen LogP contribution in [0.25, 0.3) is 0 Å². The molecular weight excluding hydrogens is 306 g/mol. The number of fused-ring (bicyclic) bond motifs is 1.